The average Bonchev–Trinajstić information content (AvgIpc) is 3.17. The van der Waals surface area contributed by atoms with E-state index >= 15 is 0 Å². The summed E-state index contributed by atoms with van der Waals surface area (Å²) in [6, 6.07) is 9.88. The fourth-order valence-corrected chi connectivity index (χ4v) is 2.83. The summed E-state index contributed by atoms with van der Waals surface area (Å²) in [5, 5.41) is 7.48. The van der Waals surface area contributed by atoms with Crippen molar-refractivity contribution in [3.05, 3.63) is 78.0 Å². The number of aryl methyl sites for hydroxylation is 2. The number of aromatic nitrogens is 6. The third-order valence-electron chi connectivity index (χ3n) is 4.06. The second-order valence-corrected chi connectivity index (χ2v) is 6.34. The number of hydrogen-bond acceptors (Lipinski definition) is 6. The van der Waals surface area contributed by atoms with Crippen LogP contribution in [0.3, 0.4) is 0 Å². The van der Waals surface area contributed by atoms with Gasteiger partial charge in [-0.2, -0.15) is 5.10 Å². The van der Waals surface area contributed by atoms with Gasteiger partial charge in [0.2, 0.25) is 5.95 Å². The maximum absolute atomic E-state index is 13.1. The molecule has 0 radical (unpaired) electrons. The Bertz CT molecular complexity index is 1090. The van der Waals surface area contributed by atoms with Gasteiger partial charge in [0.25, 0.3) is 0 Å². The van der Waals surface area contributed by atoms with Gasteiger partial charge in [-0.25, -0.2) is 29.0 Å². The molecule has 8 heteroatoms. The van der Waals surface area contributed by atoms with Gasteiger partial charge in [-0.1, -0.05) is 0 Å². The zero-order chi connectivity index (χ0) is 19.5. The summed E-state index contributed by atoms with van der Waals surface area (Å²) in [5.74, 6) is 0.890. The van der Waals surface area contributed by atoms with Gasteiger partial charge in [-0.15, -0.1) is 0 Å². The lowest BCUT2D eigenvalue weighted by molar-refractivity contribution is 0.627. The molecule has 4 aromatic rings. The summed E-state index contributed by atoms with van der Waals surface area (Å²) in [6.45, 7) is 4.31. The van der Waals surface area contributed by atoms with Gasteiger partial charge in [0.05, 0.1) is 24.1 Å². The van der Waals surface area contributed by atoms with Crippen molar-refractivity contribution in [2.24, 2.45) is 0 Å². The summed E-state index contributed by atoms with van der Waals surface area (Å²) in [6.07, 6.45) is 5.23. The van der Waals surface area contributed by atoms with Gasteiger partial charge in [-0.05, 0) is 50.2 Å². The first-order valence-corrected chi connectivity index (χ1v) is 8.76. The Hall–Kier alpha value is -3.68. The van der Waals surface area contributed by atoms with E-state index in [1.807, 2.05) is 32.2 Å². The van der Waals surface area contributed by atoms with Crippen LogP contribution in [0, 0.1) is 19.7 Å². The first-order valence-electron chi connectivity index (χ1n) is 8.76. The van der Waals surface area contributed by atoms with Gasteiger partial charge in [0.15, 0.2) is 0 Å². The number of nitrogens with one attached hydrogen (secondary N) is 1. The van der Waals surface area contributed by atoms with Crippen LogP contribution in [-0.4, -0.2) is 29.7 Å². The Morgan fingerprint density at radius 2 is 1.75 bits per heavy atom. The Kier molecular flexibility index (Phi) is 4.76. The summed E-state index contributed by atoms with van der Waals surface area (Å²) >= 11 is 0. The van der Waals surface area contributed by atoms with E-state index in [-0.39, 0.29) is 5.82 Å². The highest BCUT2D eigenvalue weighted by Crippen LogP contribution is 2.19. The highest BCUT2D eigenvalue weighted by Gasteiger charge is 2.07. The maximum atomic E-state index is 13.1. The second-order valence-electron chi connectivity index (χ2n) is 6.34. The zero-order valence-corrected chi connectivity index (χ0v) is 15.5. The smallest absolute Gasteiger partial charge is 0.223 e. The van der Waals surface area contributed by atoms with Crippen molar-refractivity contribution in [1.29, 1.82) is 0 Å². The normalized spacial score (nSPS) is 10.8. The number of nitrogens with zero attached hydrogens (tertiary/aromatic N) is 6. The van der Waals surface area contributed by atoms with Crippen molar-refractivity contribution in [3.8, 4) is 16.9 Å². The van der Waals surface area contributed by atoms with E-state index in [4.69, 9.17) is 0 Å². The molecule has 0 aliphatic heterocycles. The van der Waals surface area contributed by atoms with Crippen molar-refractivity contribution in [3.63, 3.8) is 0 Å². The van der Waals surface area contributed by atoms with E-state index < -0.39 is 0 Å². The number of halogens is 1. The first-order chi connectivity index (χ1) is 13.6. The number of rotatable bonds is 5. The van der Waals surface area contributed by atoms with Gasteiger partial charge >= 0.3 is 0 Å². The molecule has 0 spiro atoms. The molecule has 0 unspecified atom stereocenters. The van der Waals surface area contributed by atoms with Gasteiger partial charge in [0, 0.05) is 29.3 Å². The van der Waals surface area contributed by atoms with Crippen LogP contribution in [0.5, 0.6) is 0 Å². The lowest BCUT2D eigenvalue weighted by atomic mass is 10.2. The molecule has 0 aliphatic rings. The van der Waals surface area contributed by atoms with E-state index in [9.17, 15) is 4.39 Å². The predicted molar refractivity (Wildman–Crippen MR) is 103 cm³/mol. The van der Waals surface area contributed by atoms with Crippen LogP contribution in [0.2, 0.25) is 0 Å². The molecule has 1 aromatic carbocycles. The van der Waals surface area contributed by atoms with Gasteiger partial charge < -0.3 is 5.32 Å². The van der Waals surface area contributed by atoms with Crippen LogP contribution in [0.1, 0.15) is 17.2 Å². The fraction of sp³-hybridized carbons (Fsp3) is 0.150. The lowest BCUT2D eigenvalue weighted by Crippen LogP contribution is -2.08. The SMILES string of the molecule is Cc1cc(C)nc(CNc2nccc(-c3cnn(-c4ccc(F)cc4)c3)n2)n1. The molecule has 0 aliphatic carbocycles. The topological polar surface area (TPSA) is 81.4 Å². The fourth-order valence-electron chi connectivity index (χ4n) is 2.83. The molecule has 3 heterocycles. The van der Waals surface area contributed by atoms with Crippen molar-refractivity contribution in [2.45, 2.75) is 20.4 Å². The minimum atomic E-state index is -0.282. The molecule has 7 nitrogen and oxygen atoms in total. The van der Waals surface area contributed by atoms with Crippen LogP contribution in [0.4, 0.5) is 10.3 Å². The molecule has 0 fully saturated rings. The largest absolute Gasteiger partial charge is 0.347 e. The molecular weight excluding hydrogens is 357 g/mol. The van der Waals surface area contributed by atoms with E-state index in [1.165, 1.54) is 12.1 Å². The number of benzene rings is 1. The van der Waals surface area contributed by atoms with Crippen molar-refractivity contribution < 1.29 is 4.39 Å². The molecule has 0 atom stereocenters. The number of anilines is 1. The quantitative estimate of drug-likeness (QED) is 0.575. The minimum absolute atomic E-state index is 0.282. The summed E-state index contributed by atoms with van der Waals surface area (Å²) in [4.78, 5) is 17.6. The van der Waals surface area contributed by atoms with Crippen LogP contribution < -0.4 is 5.32 Å². The Labute approximate surface area is 161 Å². The molecule has 1 N–H and O–H groups in total. The zero-order valence-electron chi connectivity index (χ0n) is 15.5. The Balaban J connectivity index is 1.51. The average molecular weight is 375 g/mol. The molecule has 140 valence electrons. The molecule has 0 bridgehead atoms. The molecule has 0 saturated heterocycles. The predicted octanol–water partition coefficient (Wildman–Crippen LogP) is 3.49. The van der Waals surface area contributed by atoms with Crippen molar-refractivity contribution in [2.75, 3.05) is 5.32 Å². The maximum Gasteiger partial charge on any atom is 0.223 e. The molecule has 3 aromatic heterocycles. The number of hydrogen-bond donors (Lipinski definition) is 1. The van der Waals surface area contributed by atoms with E-state index in [0.29, 0.717) is 18.3 Å². The summed E-state index contributed by atoms with van der Waals surface area (Å²) in [5.41, 5.74) is 4.18. The highest BCUT2D eigenvalue weighted by molar-refractivity contribution is 5.58. The minimum Gasteiger partial charge on any atom is -0.347 e. The standard InChI is InChI=1S/C20H18FN7/c1-13-9-14(2)26-19(25-13)11-23-20-22-8-7-18(27-20)15-10-24-28(12-15)17-5-3-16(21)4-6-17/h3-10,12H,11H2,1-2H3,(H,22,23,27). The van der Waals surface area contributed by atoms with E-state index in [2.05, 4.69) is 30.4 Å². The molecule has 28 heavy (non-hydrogen) atoms. The van der Waals surface area contributed by atoms with Gasteiger partial charge in [0.1, 0.15) is 11.6 Å². The van der Waals surface area contributed by atoms with Crippen LogP contribution >= 0.6 is 0 Å². The van der Waals surface area contributed by atoms with E-state index in [1.54, 1.807) is 29.2 Å². The Morgan fingerprint density at radius 1 is 1.00 bits per heavy atom. The van der Waals surface area contributed by atoms with Gasteiger partial charge in [-0.3, -0.25) is 0 Å². The monoisotopic (exact) mass is 375 g/mol. The van der Waals surface area contributed by atoms with Crippen molar-refractivity contribution in [1.82, 2.24) is 29.7 Å². The molecular formula is C20H18FN7. The van der Waals surface area contributed by atoms with Crippen LogP contribution in [-0.2, 0) is 6.54 Å². The van der Waals surface area contributed by atoms with E-state index in [0.717, 1.165) is 28.3 Å². The van der Waals surface area contributed by atoms with Crippen LogP contribution in [0.15, 0.2) is 55.0 Å². The second kappa shape index (κ2) is 7.51. The third-order valence-corrected chi connectivity index (χ3v) is 4.06. The highest BCUT2D eigenvalue weighted by atomic mass is 19.1. The summed E-state index contributed by atoms with van der Waals surface area (Å²) in [7, 11) is 0. The molecule has 0 saturated carbocycles. The van der Waals surface area contributed by atoms with Crippen LogP contribution in [0.25, 0.3) is 16.9 Å². The Morgan fingerprint density at radius 3 is 2.50 bits per heavy atom. The van der Waals surface area contributed by atoms with Crippen molar-refractivity contribution >= 4 is 5.95 Å². The summed E-state index contributed by atoms with van der Waals surface area (Å²) < 4.78 is 14.8. The third kappa shape index (κ3) is 4.01. The molecule has 4 rings (SSSR count). The first kappa shape index (κ1) is 17.7. The molecule has 0 amide bonds. The lowest BCUT2D eigenvalue weighted by Gasteiger charge is -2.06.